The normalized spacial score (nSPS) is 16.0. The minimum Gasteiger partial charge on any atom is -0.389 e. The van der Waals surface area contributed by atoms with E-state index in [1.165, 1.54) is 32.1 Å². The zero-order valence-electron chi connectivity index (χ0n) is 20.7. The van der Waals surface area contributed by atoms with E-state index in [0.717, 1.165) is 22.7 Å². The fourth-order valence-corrected chi connectivity index (χ4v) is 4.51. The molecule has 1 aliphatic carbocycles. The average Bonchev–Trinajstić information content (AvgIpc) is 3.25. The van der Waals surface area contributed by atoms with Gasteiger partial charge < -0.3 is 24.0 Å². The van der Waals surface area contributed by atoms with E-state index < -0.39 is 6.10 Å². The molecule has 0 amide bonds. The van der Waals surface area contributed by atoms with Crippen LogP contribution in [0, 0.1) is 0 Å². The number of methoxy groups -OCH3 is 1. The molecule has 0 saturated heterocycles. The largest absolute Gasteiger partial charge is 0.389 e. The Hall–Kier alpha value is -1.93. The van der Waals surface area contributed by atoms with Crippen LogP contribution in [0.4, 0.5) is 5.88 Å². The molecular weight excluding hydrogens is 418 g/mol. The lowest BCUT2D eigenvalue weighted by Gasteiger charge is -2.32. The summed E-state index contributed by atoms with van der Waals surface area (Å²) in [6.45, 7) is 6.65. The van der Waals surface area contributed by atoms with E-state index in [1.54, 1.807) is 7.11 Å². The van der Waals surface area contributed by atoms with Crippen LogP contribution in [-0.2, 0) is 16.0 Å². The second-order valence-corrected chi connectivity index (χ2v) is 9.35. The summed E-state index contributed by atoms with van der Waals surface area (Å²) in [5.74, 6) is 0.830. The minimum absolute atomic E-state index is 0.0885. The van der Waals surface area contributed by atoms with Gasteiger partial charge in [-0.2, -0.15) is 0 Å². The summed E-state index contributed by atoms with van der Waals surface area (Å²) < 4.78 is 17.0. The van der Waals surface area contributed by atoms with Gasteiger partial charge in [-0.3, -0.25) is 4.90 Å². The van der Waals surface area contributed by atoms with Gasteiger partial charge >= 0.3 is 0 Å². The van der Waals surface area contributed by atoms with E-state index in [-0.39, 0.29) is 6.10 Å². The van der Waals surface area contributed by atoms with Gasteiger partial charge in [0, 0.05) is 45.4 Å². The molecule has 2 aromatic rings. The van der Waals surface area contributed by atoms with Gasteiger partial charge in [0.15, 0.2) is 0 Å². The number of hydrogen-bond donors (Lipinski definition) is 1. The van der Waals surface area contributed by atoms with Crippen LogP contribution in [0.1, 0.15) is 51.5 Å². The molecule has 1 aromatic carbocycles. The lowest BCUT2D eigenvalue weighted by Crippen LogP contribution is -2.38. The van der Waals surface area contributed by atoms with E-state index in [4.69, 9.17) is 14.0 Å². The van der Waals surface area contributed by atoms with E-state index in [9.17, 15) is 5.11 Å². The first-order chi connectivity index (χ1) is 16.0. The Kier molecular flexibility index (Phi) is 10.2. The Morgan fingerprint density at radius 1 is 1.15 bits per heavy atom. The number of rotatable bonds is 13. The maximum Gasteiger partial charge on any atom is 0.232 e. The van der Waals surface area contributed by atoms with Crippen molar-refractivity contribution >= 4 is 5.88 Å². The van der Waals surface area contributed by atoms with E-state index in [1.807, 2.05) is 32.0 Å². The SMILES string of the molecule is COCCN(Cc1c(-c2ccccc2)noc1N(C)C1CCCCC1)C[C@H](O)COC(C)C. The predicted molar refractivity (Wildman–Crippen MR) is 131 cm³/mol. The standard InChI is InChI=1S/C26H41N3O4/c1-20(2)32-19-23(30)17-29(15-16-31-4)18-24-25(21-11-7-5-8-12-21)27-33-26(24)28(3)22-13-9-6-10-14-22/h5,7-8,11-12,20,22-23,30H,6,9-10,13-19H2,1-4H3/t23-/m0/s1. The summed E-state index contributed by atoms with van der Waals surface area (Å²) >= 11 is 0. The number of aromatic nitrogens is 1. The quantitative estimate of drug-likeness (QED) is 0.478. The van der Waals surface area contributed by atoms with E-state index in [0.29, 0.717) is 38.9 Å². The number of ether oxygens (including phenoxy) is 2. The minimum atomic E-state index is -0.580. The van der Waals surface area contributed by atoms with Gasteiger partial charge in [0.05, 0.1) is 31.0 Å². The second-order valence-electron chi connectivity index (χ2n) is 9.35. The third kappa shape index (κ3) is 7.54. The predicted octanol–water partition coefficient (Wildman–Crippen LogP) is 4.34. The highest BCUT2D eigenvalue weighted by molar-refractivity contribution is 5.68. The van der Waals surface area contributed by atoms with Gasteiger partial charge in [0.1, 0.15) is 5.69 Å². The molecule has 0 bridgehead atoms. The fourth-order valence-electron chi connectivity index (χ4n) is 4.51. The molecule has 184 valence electrons. The molecule has 1 saturated carbocycles. The third-order valence-corrected chi connectivity index (χ3v) is 6.34. The van der Waals surface area contributed by atoms with Crippen molar-refractivity contribution in [3.8, 4) is 11.3 Å². The summed E-state index contributed by atoms with van der Waals surface area (Å²) in [6.07, 6.45) is 5.68. The van der Waals surface area contributed by atoms with Crippen LogP contribution < -0.4 is 4.90 Å². The topological polar surface area (TPSA) is 71.2 Å². The summed E-state index contributed by atoms with van der Waals surface area (Å²) in [5.41, 5.74) is 2.96. The molecule has 33 heavy (non-hydrogen) atoms. The third-order valence-electron chi connectivity index (χ3n) is 6.34. The molecule has 1 aromatic heterocycles. The zero-order valence-corrected chi connectivity index (χ0v) is 20.7. The maximum absolute atomic E-state index is 10.6. The molecule has 0 aliphatic heterocycles. The van der Waals surface area contributed by atoms with Gasteiger partial charge in [0.25, 0.3) is 0 Å². The van der Waals surface area contributed by atoms with Crippen LogP contribution in [-0.4, -0.2) is 73.9 Å². The van der Waals surface area contributed by atoms with E-state index >= 15 is 0 Å². The van der Waals surface area contributed by atoms with Gasteiger partial charge in [-0.25, -0.2) is 0 Å². The Labute approximate surface area is 198 Å². The van der Waals surface area contributed by atoms with Crippen LogP contribution in [0.15, 0.2) is 34.9 Å². The number of aliphatic hydroxyl groups is 1. The molecule has 7 nitrogen and oxygen atoms in total. The number of aliphatic hydroxyl groups excluding tert-OH is 1. The number of hydrogen-bond acceptors (Lipinski definition) is 7. The van der Waals surface area contributed by atoms with Crippen LogP contribution in [0.5, 0.6) is 0 Å². The Balaban J connectivity index is 1.86. The van der Waals surface area contributed by atoms with Crippen molar-refractivity contribution in [2.75, 3.05) is 45.4 Å². The Bertz CT molecular complexity index is 805. The van der Waals surface area contributed by atoms with Gasteiger partial charge in [-0.05, 0) is 26.7 Å². The van der Waals surface area contributed by atoms with Crippen molar-refractivity contribution in [3.63, 3.8) is 0 Å². The van der Waals surface area contributed by atoms with Crippen LogP contribution in [0.3, 0.4) is 0 Å². The summed E-state index contributed by atoms with van der Waals surface area (Å²) in [4.78, 5) is 4.48. The molecular formula is C26H41N3O4. The maximum atomic E-state index is 10.6. The first kappa shape index (κ1) is 25.7. The summed E-state index contributed by atoms with van der Waals surface area (Å²) in [6, 6.07) is 10.6. The first-order valence-electron chi connectivity index (χ1n) is 12.3. The zero-order chi connectivity index (χ0) is 23.6. The Morgan fingerprint density at radius 3 is 2.55 bits per heavy atom. The van der Waals surface area contributed by atoms with Crippen molar-refractivity contribution in [3.05, 3.63) is 35.9 Å². The Morgan fingerprint density at radius 2 is 1.88 bits per heavy atom. The second kappa shape index (κ2) is 13.1. The van der Waals surface area contributed by atoms with Crippen molar-refractivity contribution in [1.82, 2.24) is 10.1 Å². The highest BCUT2D eigenvalue weighted by atomic mass is 16.5. The number of nitrogens with zero attached hydrogens (tertiary/aromatic N) is 3. The molecule has 1 atom stereocenters. The molecule has 7 heteroatoms. The molecule has 1 fully saturated rings. The molecule has 1 heterocycles. The van der Waals surface area contributed by atoms with E-state index in [2.05, 4.69) is 34.1 Å². The highest BCUT2D eigenvalue weighted by Crippen LogP contribution is 2.35. The van der Waals surface area contributed by atoms with Gasteiger partial charge in [-0.15, -0.1) is 0 Å². The summed E-state index contributed by atoms with van der Waals surface area (Å²) in [7, 11) is 3.83. The molecule has 0 unspecified atom stereocenters. The lowest BCUT2D eigenvalue weighted by atomic mass is 9.94. The van der Waals surface area contributed by atoms with Crippen molar-refractivity contribution in [2.45, 2.75) is 70.7 Å². The molecule has 1 N–H and O–H groups in total. The van der Waals surface area contributed by atoms with Crippen LogP contribution >= 0.6 is 0 Å². The molecule has 0 spiro atoms. The van der Waals surface area contributed by atoms with Gasteiger partial charge in [-0.1, -0.05) is 54.8 Å². The fraction of sp³-hybridized carbons (Fsp3) is 0.654. The van der Waals surface area contributed by atoms with Crippen LogP contribution in [0.2, 0.25) is 0 Å². The number of benzene rings is 1. The molecule has 1 aliphatic rings. The summed E-state index contributed by atoms with van der Waals surface area (Å²) in [5, 5.41) is 15.1. The van der Waals surface area contributed by atoms with Crippen molar-refractivity contribution in [2.24, 2.45) is 0 Å². The van der Waals surface area contributed by atoms with Crippen molar-refractivity contribution in [1.29, 1.82) is 0 Å². The van der Waals surface area contributed by atoms with Gasteiger partial charge in [0.2, 0.25) is 5.88 Å². The first-order valence-corrected chi connectivity index (χ1v) is 12.3. The molecule has 3 rings (SSSR count). The van der Waals surface area contributed by atoms with Crippen LogP contribution in [0.25, 0.3) is 11.3 Å². The smallest absolute Gasteiger partial charge is 0.232 e. The molecule has 0 radical (unpaired) electrons. The monoisotopic (exact) mass is 459 g/mol. The lowest BCUT2D eigenvalue weighted by molar-refractivity contribution is -0.0121. The average molecular weight is 460 g/mol. The number of anilines is 1. The van der Waals surface area contributed by atoms with Crippen molar-refractivity contribution < 1.29 is 19.1 Å². The highest BCUT2D eigenvalue weighted by Gasteiger charge is 2.28.